The molecule has 0 aliphatic carbocycles. The summed E-state index contributed by atoms with van der Waals surface area (Å²) in [7, 11) is 0. The maximum Gasteiger partial charge on any atom is 0.145 e. The van der Waals surface area contributed by atoms with Crippen molar-refractivity contribution >= 4 is 5.82 Å². The largest absolute Gasteiger partial charge is 0.395 e. The van der Waals surface area contributed by atoms with Crippen molar-refractivity contribution in [2.45, 2.75) is 45.7 Å². The summed E-state index contributed by atoms with van der Waals surface area (Å²) in [6.07, 6.45) is 5.19. The molecule has 1 heterocycles. The Balaban J connectivity index is 2.37. The molecule has 1 aromatic rings. The lowest BCUT2D eigenvalue weighted by molar-refractivity contribution is 0.140. The Hall–Kier alpha value is -1.07. The molecule has 5 nitrogen and oxygen atoms in total. The fourth-order valence-electron chi connectivity index (χ4n) is 2.35. The minimum Gasteiger partial charge on any atom is -0.395 e. The van der Waals surface area contributed by atoms with E-state index >= 15 is 0 Å². The highest BCUT2D eigenvalue weighted by molar-refractivity contribution is 5.23. The lowest BCUT2D eigenvalue weighted by Gasteiger charge is -2.29. The summed E-state index contributed by atoms with van der Waals surface area (Å²) < 4.78 is 1.87. The number of aliphatic hydroxyl groups excluding tert-OH is 1. The minimum atomic E-state index is 0.227. The average Bonchev–Trinajstić information content (AvgIpc) is 2.76. The zero-order valence-electron chi connectivity index (χ0n) is 11.5. The van der Waals surface area contributed by atoms with E-state index in [1.807, 2.05) is 16.9 Å². The number of nitrogens with zero attached hydrogens (tertiary/aromatic N) is 3. The fourth-order valence-corrected chi connectivity index (χ4v) is 2.35. The van der Waals surface area contributed by atoms with Crippen LogP contribution in [0.1, 0.15) is 33.1 Å². The molecule has 0 aliphatic rings. The molecular formula is C13H26N4O. The molecule has 0 saturated carbocycles. The Kier molecular flexibility index (Phi) is 6.75. The van der Waals surface area contributed by atoms with E-state index in [-0.39, 0.29) is 6.61 Å². The van der Waals surface area contributed by atoms with Gasteiger partial charge in [0.25, 0.3) is 0 Å². The molecule has 0 atom stereocenters. The normalized spacial score (nSPS) is 11.6. The van der Waals surface area contributed by atoms with E-state index in [1.54, 1.807) is 0 Å². The summed E-state index contributed by atoms with van der Waals surface area (Å²) in [5, 5.41) is 13.3. The Labute approximate surface area is 110 Å². The van der Waals surface area contributed by atoms with Gasteiger partial charge in [0.05, 0.1) is 6.61 Å². The fraction of sp³-hybridized carbons (Fsp3) is 0.769. The van der Waals surface area contributed by atoms with Crippen molar-refractivity contribution < 1.29 is 5.11 Å². The van der Waals surface area contributed by atoms with E-state index in [0.717, 1.165) is 38.9 Å². The lowest BCUT2D eigenvalue weighted by Crippen LogP contribution is -2.37. The summed E-state index contributed by atoms with van der Waals surface area (Å²) in [4.78, 5) is 2.37. The van der Waals surface area contributed by atoms with Crippen molar-refractivity contribution in [2.75, 3.05) is 25.4 Å². The third kappa shape index (κ3) is 4.66. The van der Waals surface area contributed by atoms with Crippen molar-refractivity contribution in [2.24, 2.45) is 0 Å². The monoisotopic (exact) mass is 254 g/mol. The first-order chi connectivity index (χ1) is 8.71. The number of aromatic nitrogens is 2. The van der Waals surface area contributed by atoms with E-state index in [2.05, 4.69) is 23.8 Å². The van der Waals surface area contributed by atoms with E-state index in [1.165, 1.54) is 0 Å². The summed E-state index contributed by atoms with van der Waals surface area (Å²) in [5.41, 5.74) is 5.57. The minimum absolute atomic E-state index is 0.227. The molecule has 18 heavy (non-hydrogen) atoms. The summed E-state index contributed by atoms with van der Waals surface area (Å²) in [6, 6.07) is 2.38. The SMILES string of the molecule is CCC(CC)N(CCO)CCCn1ccc(N)n1. The number of anilines is 1. The van der Waals surface area contributed by atoms with Gasteiger partial charge in [-0.2, -0.15) is 5.10 Å². The molecule has 0 aliphatic heterocycles. The van der Waals surface area contributed by atoms with Crippen LogP contribution >= 0.6 is 0 Å². The molecule has 0 aromatic carbocycles. The maximum atomic E-state index is 9.12. The molecule has 0 bridgehead atoms. The second kappa shape index (κ2) is 8.11. The van der Waals surface area contributed by atoms with Crippen molar-refractivity contribution in [3.05, 3.63) is 12.3 Å². The summed E-state index contributed by atoms with van der Waals surface area (Å²) in [5.74, 6) is 0.571. The van der Waals surface area contributed by atoms with E-state index in [9.17, 15) is 0 Å². The lowest BCUT2D eigenvalue weighted by atomic mass is 10.1. The van der Waals surface area contributed by atoms with Crippen LogP contribution in [0.25, 0.3) is 0 Å². The second-order valence-electron chi connectivity index (χ2n) is 4.59. The van der Waals surface area contributed by atoms with Crippen LogP contribution in [0.15, 0.2) is 12.3 Å². The topological polar surface area (TPSA) is 67.3 Å². The van der Waals surface area contributed by atoms with Gasteiger partial charge < -0.3 is 10.8 Å². The molecule has 0 unspecified atom stereocenters. The molecule has 0 amide bonds. The molecule has 0 saturated heterocycles. The van der Waals surface area contributed by atoms with Gasteiger partial charge in [-0.25, -0.2) is 0 Å². The second-order valence-corrected chi connectivity index (χ2v) is 4.59. The standard InChI is InChI=1S/C13H26N4O/c1-3-12(4-2)16(10-11-18)7-5-8-17-9-6-13(14)15-17/h6,9,12,18H,3-5,7-8,10-11H2,1-2H3,(H2,14,15). The maximum absolute atomic E-state index is 9.12. The average molecular weight is 254 g/mol. The highest BCUT2D eigenvalue weighted by Crippen LogP contribution is 2.09. The number of hydrogen-bond donors (Lipinski definition) is 2. The van der Waals surface area contributed by atoms with E-state index in [0.29, 0.717) is 11.9 Å². The number of nitrogen functional groups attached to an aromatic ring is 1. The Morgan fingerprint density at radius 1 is 1.39 bits per heavy atom. The van der Waals surface area contributed by atoms with Crippen molar-refractivity contribution in [1.82, 2.24) is 14.7 Å². The van der Waals surface area contributed by atoms with Crippen molar-refractivity contribution in [3.8, 4) is 0 Å². The van der Waals surface area contributed by atoms with Gasteiger partial charge in [-0.05, 0) is 25.3 Å². The first-order valence-electron chi connectivity index (χ1n) is 6.85. The molecule has 5 heteroatoms. The molecule has 1 aromatic heterocycles. The third-order valence-electron chi connectivity index (χ3n) is 3.34. The van der Waals surface area contributed by atoms with Gasteiger partial charge in [-0.3, -0.25) is 9.58 Å². The van der Waals surface area contributed by atoms with Crippen LogP contribution in [0.3, 0.4) is 0 Å². The van der Waals surface area contributed by atoms with Crippen LogP contribution in [-0.2, 0) is 6.54 Å². The number of nitrogens with two attached hydrogens (primary N) is 1. The predicted octanol–water partition coefficient (Wildman–Crippen LogP) is 1.34. The highest BCUT2D eigenvalue weighted by Gasteiger charge is 2.13. The molecule has 0 fully saturated rings. The molecule has 1 rings (SSSR count). The number of rotatable bonds is 9. The van der Waals surface area contributed by atoms with Crippen LogP contribution in [0, 0.1) is 0 Å². The highest BCUT2D eigenvalue weighted by atomic mass is 16.3. The van der Waals surface area contributed by atoms with Gasteiger partial charge in [0, 0.05) is 31.9 Å². The molecule has 104 valence electrons. The summed E-state index contributed by atoms with van der Waals surface area (Å²) >= 11 is 0. The van der Waals surface area contributed by atoms with Gasteiger partial charge in [0.1, 0.15) is 5.82 Å². The van der Waals surface area contributed by atoms with Gasteiger partial charge in [0.2, 0.25) is 0 Å². The quantitative estimate of drug-likeness (QED) is 0.698. The van der Waals surface area contributed by atoms with Crippen LogP contribution in [0.2, 0.25) is 0 Å². The zero-order valence-corrected chi connectivity index (χ0v) is 11.5. The van der Waals surface area contributed by atoms with E-state index < -0.39 is 0 Å². The van der Waals surface area contributed by atoms with Gasteiger partial charge >= 0.3 is 0 Å². The number of aliphatic hydroxyl groups is 1. The van der Waals surface area contributed by atoms with Gasteiger partial charge in [-0.1, -0.05) is 13.8 Å². The van der Waals surface area contributed by atoms with Crippen LogP contribution < -0.4 is 5.73 Å². The molecular weight excluding hydrogens is 228 g/mol. The molecule has 0 spiro atoms. The first kappa shape index (κ1) is 15.0. The van der Waals surface area contributed by atoms with E-state index in [4.69, 9.17) is 10.8 Å². The Morgan fingerprint density at radius 3 is 2.61 bits per heavy atom. The van der Waals surface area contributed by atoms with Gasteiger partial charge in [0.15, 0.2) is 0 Å². The first-order valence-corrected chi connectivity index (χ1v) is 6.85. The number of hydrogen-bond acceptors (Lipinski definition) is 4. The van der Waals surface area contributed by atoms with Crippen molar-refractivity contribution in [1.29, 1.82) is 0 Å². The predicted molar refractivity (Wildman–Crippen MR) is 74.3 cm³/mol. The molecule has 3 N–H and O–H groups in total. The third-order valence-corrected chi connectivity index (χ3v) is 3.34. The van der Waals surface area contributed by atoms with Crippen LogP contribution in [0.4, 0.5) is 5.82 Å². The molecule has 0 radical (unpaired) electrons. The van der Waals surface area contributed by atoms with Crippen molar-refractivity contribution in [3.63, 3.8) is 0 Å². The number of aryl methyl sites for hydroxylation is 1. The van der Waals surface area contributed by atoms with Crippen LogP contribution in [-0.4, -0.2) is 45.5 Å². The van der Waals surface area contributed by atoms with Gasteiger partial charge in [-0.15, -0.1) is 0 Å². The zero-order chi connectivity index (χ0) is 13.4. The Bertz CT molecular complexity index is 323. The van der Waals surface area contributed by atoms with Crippen LogP contribution in [0.5, 0.6) is 0 Å². The smallest absolute Gasteiger partial charge is 0.145 e. The Morgan fingerprint density at radius 2 is 2.11 bits per heavy atom. The summed E-state index contributed by atoms with van der Waals surface area (Å²) in [6.45, 7) is 7.25.